The second kappa shape index (κ2) is 6.25. The summed E-state index contributed by atoms with van der Waals surface area (Å²) in [4.78, 5) is 15.0. The van der Waals surface area contributed by atoms with E-state index in [2.05, 4.69) is 15.5 Å². The molecule has 106 valence electrons. The molecule has 0 saturated heterocycles. The summed E-state index contributed by atoms with van der Waals surface area (Å²) in [5, 5.41) is 6.83. The van der Waals surface area contributed by atoms with Crippen LogP contribution in [0, 0.1) is 12.7 Å². The van der Waals surface area contributed by atoms with Crippen molar-refractivity contribution in [3.8, 4) is 0 Å². The summed E-state index contributed by atoms with van der Waals surface area (Å²) in [6.45, 7) is 2.66. The van der Waals surface area contributed by atoms with Crippen LogP contribution in [0.1, 0.15) is 27.6 Å². The molecule has 20 heavy (non-hydrogen) atoms. The summed E-state index contributed by atoms with van der Waals surface area (Å²) < 4.78 is 18.5. The lowest BCUT2D eigenvalue weighted by atomic mass is 10.1. The maximum atomic E-state index is 13.7. The number of carbonyl (C=O) groups is 1. The number of hydrogen-bond acceptors (Lipinski definition) is 5. The molecule has 0 bridgehead atoms. The monoisotopic (exact) mass is 278 g/mol. The second-order valence-corrected chi connectivity index (χ2v) is 4.33. The maximum absolute atomic E-state index is 13.7. The highest BCUT2D eigenvalue weighted by Crippen LogP contribution is 2.10. The first kappa shape index (κ1) is 14.1. The first-order chi connectivity index (χ1) is 9.56. The standard InChI is InChI=1S/C13H15FN4O2/c1-8-17-12(18-20-8)4-5-16-7-10-3-2-9(13(15)19)6-11(10)14/h2-3,6,16H,4-5,7H2,1H3,(H2,15,19). The smallest absolute Gasteiger partial charge is 0.248 e. The number of halogens is 1. The molecule has 2 aromatic rings. The van der Waals surface area contributed by atoms with Crippen molar-refractivity contribution in [2.45, 2.75) is 19.9 Å². The van der Waals surface area contributed by atoms with E-state index in [1.165, 1.54) is 6.07 Å². The van der Waals surface area contributed by atoms with Crippen molar-refractivity contribution in [2.75, 3.05) is 6.54 Å². The molecule has 0 fully saturated rings. The minimum absolute atomic E-state index is 0.161. The quantitative estimate of drug-likeness (QED) is 0.767. The molecule has 0 saturated carbocycles. The molecule has 1 aromatic heterocycles. The van der Waals surface area contributed by atoms with E-state index < -0.39 is 11.7 Å². The van der Waals surface area contributed by atoms with Gasteiger partial charge in [0.25, 0.3) is 0 Å². The molecule has 0 aliphatic heterocycles. The summed E-state index contributed by atoms with van der Waals surface area (Å²) in [6, 6.07) is 4.19. The second-order valence-electron chi connectivity index (χ2n) is 4.33. The minimum atomic E-state index is -0.643. The molecule has 2 rings (SSSR count). The molecule has 1 aromatic carbocycles. The van der Waals surface area contributed by atoms with E-state index in [1.54, 1.807) is 13.0 Å². The zero-order chi connectivity index (χ0) is 14.5. The summed E-state index contributed by atoms with van der Waals surface area (Å²) in [5.41, 5.74) is 5.71. The highest BCUT2D eigenvalue weighted by atomic mass is 19.1. The van der Waals surface area contributed by atoms with Gasteiger partial charge in [0.2, 0.25) is 11.8 Å². The van der Waals surface area contributed by atoms with Crippen LogP contribution in [0.5, 0.6) is 0 Å². The number of benzene rings is 1. The number of nitrogens with zero attached hydrogens (tertiary/aromatic N) is 2. The lowest BCUT2D eigenvalue weighted by Crippen LogP contribution is -2.18. The highest BCUT2D eigenvalue weighted by Gasteiger charge is 2.07. The predicted molar refractivity (Wildman–Crippen MR) is 69.4 cm³/mol. The Bertz CT molecular complexity index is 612. The third-order valence-electron chi connectivity index (χ3n) is 2.75. The zero-order valence-corrected chi connectivity index (χ0v) is 11.0. The number of aryl methyl sites for hydroxylation is 1. The van der Waals surface area contributed by atoms with Crippen LogP contribution in [0.3, 0.4) is 0 Å². The fraction of sp³-hybridized carbons (Fsp3) is 0.308. The number of primary amides is 1. The molecule has 0 atom stereocenters. The Balaban J connectivity index is 1.83. The van der Waals surface area contributed by atoms with E-state index in [0.29, 0.717) is 36.8 Å². The van der Waals surface area contributed by atoms with Crippen molar-refractivity contribution in [2.24, 2.45) is 5.73 Å². The van der Waals surface area contributed by atoms with Crippen molar-refractivity contribution in [3.63, 3.8) is 0 Å². The molecule has 0 aliphatic carbocycles. The van der Waals surface area contributed by atoms with E-state index in [1.807, 2.05) is 0 Å². The normalized spacial score (nSPS) is 10.7. The third-order valence-corrected chi connectivity index (χ3v) is 2.75. The third kappa shape index (κ3) is 3.61. The Morgan fingerprint density at radius 2 is 2.30 bits per heavy atom. The average molecular weight is 278 g/mol. The summed E-state index contributed by atoms with van der Waals surface area (Å²) >= 11 is 0. The van der Waals surface area contributed by atoms with Gasteiger partial charge in [-0.05, 0) is 12.1 Å². The SMILES string of the molecule is Cc1nc(CCNCc2ccc(C(N)=O)cc2F)no1. The van der Waals surface area contributed by atoms with E-state index >= 15 is 0 Å². The number of nitrogens with two attached hydrogens (primary N) is 1. The lowest BCUT2D eigenvalue weighted by molar-refractivity contribution is 0.1000. The molecular formula is C13H15FN4O2. The largest absolute Gasteiger partial charge is 0.366 e. The molecule has 0 unspecified atom stereocenters. The summed E-state index contributed by atoms with van der Waals surface area (Å²) in [6.07, 6.45) is 0.596. The molecule has 3 N–H and O–H groups in total. The van der Waals surface area contributed by atoms with Gasteiger partial charge in [0.15, 0.2) is 5.82 Å². The van der Waals surface area contributed by atoms with Crippen molar-refractivity contribution in [3.05, 3.63) is 46.9 Å². The number of carbonyl (C=O) groups excluding carboxylic acids is 1. The number of amides is 1. The molecule has 1 heterocycles. The predicted octanol–water partition coefficient (Wildman–Crippen LogP) is 0.948. The summed E-state index contributed by atoms with van der Waals surface area (Å²) in [5.74, 6) is 0.0349. The molecule has 7 heteroatoms. The maximum Gasteiger partial charge on any atom is 0.248 e. The van der Waals surface area contributed by atoms with E-state index in [0.717, 1.165) is 6.07 Å². The number of aromatic nitrogens is 2. The van der Waals surface area contributed by atoms with Crippen molar-refractivity contribution in [1.82, 2.24) is 15.5 Å². The van der Waals surface area contributed by atoms with Crippen LogP contribution in [0.4, 0.5) is 4.39 Å². The van der Waals surface area contributed by atoms with E-state index in [-0.39, 0.29) is 5.56 Å². The van der Waals surface area contributed by atoms with Gasteiger partial charge in [-0.3, -0.25) is 4.79 Å². The van der Waals surface area contributed by atoms with Gasteiger partial charge < -0.3 is 15.6 Å². The van der Waals surface area contributed by atoms with Gasteiger partial charge in [0.1, 0.15) is 5.82 Å². The Morgan fingerprint density at radius 1 is 1.50 bits per heavy atom. The topological polar surface area (TPSA) is 94.0 Å². The molecule has 6 nitrogen and oxygen atoms in total. The summed E-state index contributed by atoms with van der Waals surface area (Å²) in [7, 11) is 0. The molecular weight excluding hydrogens is 263 g/mol. The first-order valence-corrected chi connectivity index (χ1v) is 6.14. The van der Waals surface area contributed by atoms with Crippen LogP contribution >= 0.6 is 0 Å². The number of nitrogens with one attached hydrogen (secondary N) is 1. The van der Waals surface area contributed by atoms with Crippen LogP contribution in [0.25, 0.3) is 0 Å². The van der Waals surface area contributed by atoms with Crippen LogP contribution in [0.2, 0.25) is 0 Å². The first-order valence-electron chi connectivity index (χ1n) is 6.14. The number of hydrogen-bond donors (Lipinski definition) is 2. The Labute approximate surface area is 115 Å². The van der Waals surface area contributed by atoms with Crippen molar-refractivity contribution < 1.29 is 13.7 Å². The fourth-order valence-electron chi connectivity index (χ4n) is 1.71. The van der Waals surface area contributed by atoms with Crippen molar-refractivity contribution in [1.29, 1.82) is 0 Å². The molecule has 0 spiro atoms. The van der Waals surface area contributed by atoms with E-state index in [9.17, 15) is 9.18 Å². The Morgan fingerprint density at radius 3 is 2.90 bits per heavy atom. The Kier molecular flexibility index (Phi) is 4.41. The minimum Gasteiger partial charge on any atom is -0.366 e. The highest BCUT2D eigenvalue weighted by molar-refractivity contribution is 5.92. The van der Waals surface area contributed by atoms with Crippen LogP contribution in [0.15, 0.2) is 22.7 Å². The van der Waals surface area contributed by atoms with Gasteiger partial charge >= 0.3 is 0 Å². The van der Waals surface area contributed by atoms with Crippen LogP contribution < -0.4 is 11.1 Å². The molecule has 0 radical (unpaired) electrons. The van der Waals surface area contributed by atoms with Gasteiger partial charge in [0, 0.05) is 37.6 Å². The van der Waals surface area contributed by atoms with Crippen LogP contribution in [-0.4, -0.2) is 22.6 Å². The Hall–Kier alpha value is -2.28. The zero-order valence-electron chi connectivity index (χ0n) is 11.0. The van der Waals surface area contributed by atoms with Gasteiger partial charge in [-0.25, -0.2) is 4.39 Å². The van der Waals surface area contributed by atoms with E-state index in [4.69, 9.17) is 10.3 Å². The van der Waals surface area contributed by atoms with Crippen molar-refractivity contribution >= 4 is 5.91 Å². The fourth-order valence-corrected chi connectivity index (χ4v) is 1.71. The molecule has 1 amide bonds. The lowest BCUT2D eigenvalue weighted by Gasteiger charge is -2.06. The molecule has 0 aliphatic rings. The van der Waals surface area contributed by atoms with Gasteiger partial charge in [0.05, 0.1) is 0 Å². The average Bonchev–Trinajstić information content (AvgIpc) is 2.81. The number of rotatable bonds is 6. The van der Waals surface area contributed by atoms with Gasteiger partial charge in [-0.15, -0.1) is 0 Å². The van der Waals surface area contributed by atoms with Gasteiger partial charge in [-0.2, -0.15) is 4.98 Å². The van der Waals surface area contributed by atoms with Crippen LogP contribution in [-0.2, 0) is 13.0 Å². The van der Waals surface area contributed by atoms with Gasteiger partial charge in [-0.1, -0.05) is 11.2 Å².